The Morgan fingerprint density at radius 1 is 1.44 bits per heavy atom. The highest BCUT2D eigenvalue weighted by Gasteiger charge is 2.55. The SMILES string of the molecule is CCOC(=O)[C@@]1(CCC(C)C)C[C@H](CSc2nc3ccccc3[nH]2)OC1=O. The summed E-state index contributed by atoms with van der Waals surface area (Å²) in [7, 11) is 0. The van der Waals surface area contributed by atoms with Gasteiger partial charge in [-0.25, -0.2) is 4.98 Å². The number of benzene rings is 1. The zero-order chi connectivity index (χ0) is 19.4. The lowest BCUT2D eigenvalue weighted by Crippen LogP contribution is -2.38. The minimum Gasteiger partial charge on any atom is -0.465 e. The monoisotopic (exact) mass is 390 g/mol. The van der Waals surface area contributed by atoms with Gasteiger partial charge in [-0.15, -0.1) is 0 Å². The highest BCUT2D eigenvalue weighted by molar-refractivity contribution is 7.99. The molecular weight excluding hydrogens is 364 g/mol. The third kappa shape index (κ3) is 4.29. The molecule has 2 heterocycles. The standard InChI is InChI=1S/C20H26N2O4S/c1-4-25-17(23)20(10-9-13(2)3)11-14(26-18(20)24)12-27-19-21-15-7-5-6-8-16(15)22-19/h5-8,13-14H,4,9-12H2,1-3H3,(H,21,22)/t14-,20-/m1/s1. The second-order valence-corrected chi connectivity index (χ2v) is 8.35. The lowest BCUT2D eigenvalue weighted by atomic mass is 9.79. The van der Waals surface area contributed by atoms with Gasteiger partial charge in [0.05, 0.1) is 17.6 Å². The molecule has 1 aliphatic heterocycles. The second kappa shape index (κ2) is 8.33. The number of nitrogens with zero attached hydrogens (tertiary/aromatic N) is 1. The number of cyclic esters (lactones) is 1. The number of H-pyrrole nitrogens is 1. The van der Waals surface area contributed by atoms with Crippen molar-refractivity contribution in [1.82, 2.24) is 9.97 Å². The number of fused-ring (bicyclic) bond motifs is 1. The molecule has 1 aliphatic rings. The largest absolute Gasteiger partial charge is 0.465 e. The summed E-state index contributed by atoms with van der Waals surface area (Å²) in [6.45, 7) is 6.17. The van der Waals surface area contributed by atoms with Crippen molar-refractivity contribution in [1.29, 1.82) is 0 Å². The van der Waals surface area contributed by atoms with Gasteiger partial charge in [0.15, 0.2) is 10.6 Å². The van der Waals surface area contributed by atoms with Gasteiger partial charge in [-0.2, -0.15) is 0 Å². The molecule has 146 valence electrons. The quantitative estimate of drug-likeness (QED) is 0.417. The summed E-state index contributed by atoms with van der Waals surface area (Å²) in [6.07, 6.45) is 1.28. The minimum absolute atomic E-state index is 0.258. The topological polar surface area (TPSA) is 81.3 Å². The first kappa shape index (κ1) is 19.7. The molecule has 2 atom stereocenters. The zero-order valence-electron chi connectivity index (χ0n) is 16.0. The van der Waals surface area contributed by atoms with Crippen molar-refractivity contribution in [3.8, 4) is 0 Å². The van der Waals surface area contributed by atoms with E-state index in [1.54, 1.807) is 6.92 Å². The molecule has 6 nitrogen and oxygen atoms in total. The predicted octanol–water partition coefficient (Wildman–Crippen LogP) is 3.96. The van der Waals surface area contributed by atoms with E-state index in [1.165, 1.54) is 11.8 Å². The minimum atomic E-state index is -1.17. The van der Waals surface area contributed by atoms with Crippen LogP contribution in [-0.2, 0) is 19.1 Å². The molecule has 0 amide bonds. The number of hydrogen-bond acceptors (Lipinski definition) is 6. The van der Waals surface area contributed by atoms with E-state index in [2.05, 4.69) is 23.8 Å². The normalized spacial score (nSPS) is 22.4. The average Bonchev–Trinajstić information content (AvgIpc) is 3.19. The van der Waals surface area contributed by atoms with E-state index in [-0.39, 0.29) is 12.7 Å². The van der Waals surface area contributed by atoms with Crippen molar-refractivity contribution in [2.24, 2.45) is 11.3 Å². The lowest BCUT2D eigenvalue weighted by molar-refractivity contribution is -0.165. The highest BCUT2D eigenvalue weighted by Crippen LogP contribution is 2.42. The van der Waals surface area contributed by atoms with Gasteiger partial charge in [0.1, 0.15) is 6.10 Å². The molecule has 0 radical (unpaired) electrons. The maximum atomic E-state index is 12.6. The molecule has 0 unspecified atom stereocenters. The molecular formula is C20H26N2O4S. The van der Waals surface area contributed by atoms with Crippen LogP contribution in [0.3, 0.4) is 0 Å². The molecule has 27 heavy (non-hydrogen) atoms. The Kier molecular flexibility index (Phi) is 6.09. The smallest absolute Gasteiger partial charge is 0.323 e. The van der Waals surface area contributed by atoms with E-state index in [1.807, 2.05) is 24.3 Å². The number of rotatable bonds is 8. The van der Waals surface area contributed by atoms with Crippen LogP contribution in [0.2, 0.25) is 0 Å². The Labute approximate surface area is 163 Å². The van der Waals surface area contributed by atoms with Gasteiger partial charge in [0.25, 0.3) is 0 Å². The molecule has 0 bridgehead atoms. The van der Waals surface area contributed by atoms with Crippen LogP contribution in [0.15, 0.2) is 29.4 Å². The molecule has 1 N–H and O–H groups in total. The molecule has 0 aliphatic carbocycles. The maximum absolute atomic E-state index is 12.6. The Balaban J connectivity index is 1.68. The molecule has 3 rings (SSSR count). The molecule has 1 aromatic heterocycles. The van der Waals surface area contributed by atoms with Gasteiger partial charge >= 0.3 is 11.9 Å². The molecule has 1 aromatic carbocycles. The fraction of sp³-hybridized carbons (Fsp3) is 0.550. The van der Waals surface area contributed by atoms with Crippen LogP contribution < -0.4 is 0 Å². The van der Waals surface area contributed by atoms with Crippen molar-refractivity contribution in [3.63, 3.8) is 0 Å². The zero-order valence-corrected chi connectivity index (χ0v) is 16.8. The van der Waals surface area contributed by atoms with Crippen LogP contribution in [0, 0.1) is 11.3 Å². The summed E-state index contributed by atoms with van der Waals surface area (Å²) in [5.74, 6) is 0.0470. The van der Waals surface area contributed by atoms with Crippen LogP contribution >= 0.6 is 11.8 Å². The first-order valence-corrected chi connectivity index (χ1v) is 10.4. The summed E-state index contributed by atoms with van der Waals surface area (Å²) in [5, 5.41) is 0.781. The predicted molar refractivity (Wildman–Crippen MR) is 104 cm³/mol. The van der Waals surface area contributed by atoms with Crippen LogP contribution in [0.25, 0.3) is 11.0 Å². The number of aromatic amines is 1. The number of hydrogen-bond donors (Lipinski definition) is 1. The van der Waals surface area contributed by atoms with Crippen molar-refractivity contribution in [2.45, 2.75) is 51.3 Å². The maximum Gasteiger partial charge on any atom is 0.323 e. The van der Waals surface area contributed by atoms with Gasteiger partial charge in [-0.05, 0) is 37.8 Å². The molecule has 1 fully saturated rings. The molecule has 7 heteroatoms. The molecule has 0 spiro atoms. The third-order valence-corrected chi connectivity index (χ3v) is 5.83. The Hall–Kier alpha value is -2.02. The van der Waals surface area contributed by atoms with Gasteiger partial charge in [-0.3, -0.25) is 9.59 Å². The molecule has 1 saturated heterocycles. The Bertz CT molecular complexity index is 786. The van der Waals surface area contributed by atoms with Crippen molar-refractivity contribution < 1.29 is 19.1 Å². The van der Waals surface area contributed by atoms with E-state index >= 15 is 0 Å². The summed E-state index contributed by atoms with van der Waals surface area (Å²) < 4.78 is 10.8. The average molecular weight is 391 g/mol. The first-order chi connectivity index (χ1) is 12.9. The highest BCUT2D eigenvalue weighted by atomic mass is 32.2. The van der Waals surface area contributed by atoms with E-state index in [0.717, 1.165) is 22.6 Å². The number of aromatic nitrogens is 2. The number of para-hydroxylation sites is 2. The van der Waals surface area contributed by atoms with E-state index in [0.29, 0.717) is 24.5 Å². The van der Waals surface area contributed by atoms with Gasteiger partial charge in [0.2, 0.25) is 0 Å². The first-order valence-electron chi connectivity index (χ1n) is 9.40. The van der Waals surface area contributed by atoms with E-state index in [9.17, 15) is 9.59 Å². The Morgan fingerprint density at radius 2 is 2.22 bits per heavy atom. The van der Waals surface area contributed by atoms with E-state index in [4.69, 9.17) is 9.47 Å². The number of nitrogens with one attached hydrogen (secondary N) is 1. The number of ether oxygens (including phenoxy) is 2. The summed E-state index contributed by atoms with van der Waals surface area (Å²) in [6, 6.07) is 7.82. The number of imidazole rings is 1. The van der Waals surface area contributed by atoms with Crippen molar-refractivity contribution in [2.75, 3.05) is 12.4 Å². The number of carbonyl (C=O) groups is 2. The summed E-state index contributed by atoms with van der Waals surface area (Å²) in [4.78, 5) is 33.0. The third-order valence-electron chi connectivity index (χ3n) is 4.83. The summed E-state index contributed by atoms with van der Waals surface area (Å²) >= 11 is 1.50. The van der Waals surface area contributed by atoms with Gasteiger partial charge in [0, 0.05) is 12.2 Å². The van der Waals surface area contributed by atoms with E-state index < -0.39 is 17.4 Å². The van der Waals surface area contributed by atoms with Crippen molar-refractivity contribution >= 4 is 34.7 Å². The van der Waals surface area contributed by atoms with Crippen molar-refractivity contribution in [3.05, 3.63) is 24.3 Å². The van der Waals surface area contributed by atoms with Gasteiger partial charge < -0.3 is 14.5 Å². The number of carbonyl (C=O) groups excluding carboxylic acids is 2. The number of esters is 2. The molecule has 2 aromatic rings. The van der Waals surface area contributed by atoms with Gasteiger partial charge in [-0.1, -0.05) is 37.7 Å². The molecule has 0 saturated carbocycles. The number of thioether (sulfide) groups is 1. The summed E-state index contributed by atoms with van der Waals surface area (Å²) in [5.41, 5.74) is 0.710. The Morgan fingerprint density at radius 3 is 2.93 bits per heavy atom. The van der Waals surface area contributed by atoms with Crippen LogP contribution in [-0.4, -0.2) is 40.4 Å². The fourth-order valence-corrected chi connectivity index (χ4v) is 4.19. The van der Waals surface area contributed by atoms with Crippen LogP contribution in [0.5, 0.6) is 0 Å². The van der Waals surface area contributed by atoms with Crippen LogP contribution in [0.1, 0.15) is 40.0 Å². The lowest BCUT2D eigenvalue weighted by Gasteiger charge is -2.23. The second-order valence-electron chi connectivity index (χ2n) is 7.34. The van der Waals surface area contributed by atoms with Crippen LogP contribution in [0.4, 0.5) is 0 Å². The fourth-order valence-electron chi connectivity index (χ4n) is 3.32.